The third kappa shape index (κ3) is 3.34. The molecule has 1 amide bonds. The number of nitrogens with one attached hydrogen (secondary N) is 1. The van der Waals surface area contributed by atoms with E-state index in [1.54, 1.807) is 18.3 Å². The van der Waals surface area contributed by atoms with Gasteiger partial charge in [0.2, 0.25) is 0 Å². The number of aromatic amines is 1. The van der Waals surface area contributed by atoms with Crippen LogP contribution in [-0.4, -0.2) is 38.3 Å². The summed E-state index contributed by atoms with van der Waals surface area (Å²) >= 11 is 0. The zero-order chi connectivity index (χ0) is 21.3. The highest BCUT2D eigenvalue weighted by molar-refractivity contribution is 6.46. The number of phenols is 1. The number of para-hydroxylation sites is 1. The number of aromatic nitrogens is 1. The number of amides is 1. The zero-order valence-electron chi connectivity index (χ0n) is 16.8. The van der Waals surface area contributed by atoms with Gasteiger partial charge in [-0.3, -0.25) is 9.59 Å². The van der Waals surface area contributed by atoms with Gasteiger partial charge in [0.05, 0.1) is 11.6 Å². The van der Waals surface area contributed by atoms with E-state index < -0.39 is 17.7 Å². The molecule has 154 valence electrons. The Hall–Kier alpha value is -3.54. The molecule has 1 aliphatic heterocycles. The topological polar surface area (TPSA) is 93.6 Å². The van der Waals surface area contributed by atoms with Crippen LogP contribution in [0.4, 0.5) is 0 Å². The number of aromatic hydroxyl groups is 1. The number of hydrogen-bond donors (Lipinski definition) is 3. The highest BCUT2D eigenvalue weighted by Crippen LogP contribution is 2.41. The normalized spacial score (nSPS) is 18.4. The second-order valence-electron chi connectivity index (χ2n) is 7.54. The molecule has 4 rings (SSSR count). The average molecular weight is 404 g/mol. The quantitative estimate of drug-likeness (QED) is 0.244. The number of hydrogen-bond acceptors (Lipinski definition) is 4. The number of Topliss-reactive ketones (excluding diaryl/α,β-unsaturated/α-hetero) is 1. The van der Waals surface area contributed by atoms with Gasteiger partial charge in [0.25, 0.3) is 11.7 Å². The van der Waals surface area contributed by atoms with Gasteiger partial charge >= 0.3 is 0 Å². The van der Waals surface area contributed by atoms with Gasteiger partial charge in [-0.2, -0.15) is 0 Å². The van der Waals surface area contributed by atoms with Crippen LogP contribution in [0.1, 0.15) is 43.4 Å². The van der Waals surface area contributed by atoms with Crippen molar-refractivity contribution in [3.63, 3.8) is 0 Å². The number of benzene rings is 2. The Kier molecular flexibility index (Phi) is 5.31. The predicted molar refractivity (Wildman–Crippen MR) is 115 cm³/mol. The summed E-state index contributed by atoms with van der Waals surface area (Å²) in [5.74, 6) is -1.50. The lowest BCUT2D eigenvalue weighted by molar-refractivity contribution is -0.139. The number of likely N-dealkylation sites (tertiary alicyclic amines) is 1. The van der Waals surface area contributed by atoms with Crippen LogP contribution < -0.4 is 0 Å². The Balaban J connectivity index is 1.88. The summed E-state index contributed by atoms with van der Waals surface area (Å²) in [6.07, 6.45) is 4.31. The number of ketones is 1. The van der Waals surface area contributed by atoms with E-state index in [4.69, 9.17) is 0 Å². The number of phenolic OH excluding ortho intramolecular Hbond substituents is 1. The van der Waals surface area contributed by atoms with Crippen molar-refractivity contribution in [1.29, 1.82) is 0 Å². The zero-order valence-corrected chi connectivity index (χ0v) is 16.8. The van der Waals surface area contributed by atoms with Gasteiger partial charge in [-0.25, -0.2) is 0 Å². The van der Waals surface area contributed by atoms with E-state index in [1.807, 2.05) is 24.3 Å². The van der Waals surface area contributed by atoms with Crippen LogP contribution in [0.3, 0.4) is 0 Å². The first-order chi connectivity index (χ1) is 14.5. The van der Waals surface area contributed by atoms with Crippen molar-refractivity contribution in [1.82, 2.24) is 9.88 Å². The number of aliphatic hydroxyl groups excluding tert-OH is 1. The number of rotatable bonds is 6. The van der Waals surface area contributed by atoms with Gasteiger partial charge in [-0.1, -0.05) is 50.1 Å². The van der Waals surface area contributed by atoms with Crippen molar-refractivity contribution in [3.8, 4) is 5.75 Å². The molecule has 3 aromatic rings. The van der Waals surface area contributed by atoms with Crippen LogP contribution in [0.15, 0.2) is 60.3 Å². The van der Waals surface area contributed by atoms with Gasteiger partial charge in [0.15, 0.2) is 0 Å². The van der Waals surface area contributed by atoms with Crippen LogP contribution in [0.25, 0.3) is 16.7 Å². The van der Waals surface area contributed by atoms with E-state index in [9.17, 15) is 19.8 Å². The maximum absolute atomic E-state index is 13.0. The highest BCUT2D eigenvalue weighted by Gasteiger charge is 2.46. The first-order valence-electron chi connectivity index (χ1n) is 10.2. The molecule has 0 saturated carbocycles. The van der Waals surface area contributed by atoms with Gasteiger partial charge in [0, 0.05) is 29.2 Å². The van der Waals surface area contributed by atoms with E-state index in [2.05, 4.69) is 11.9 Å². The Bertz CT molecular complexity index is 1140. The maximum Gasteiger partial charge on any atom is 0.295 e. The number of fused-ring (bicyclic) bond motifs is 1. The molecular weight excluding hydrogens is 380 g/mol. The lowest BCUT2D eigenvalue weighted by Crippen LogP contribution is -2.30. The third-order valence-corrected chi connectivity index (χ3v) is 5.57. The summed E-state index contributed by atoms with van der Waals surface area (Å²) in [4.78, 5) is 30.5. The smallest absolute Gasteiger partial charge is 0.295 e. The Morgan fingerprint density at radius 1 is 1.10 bits per heavy atom. The minimum atomic E-state index is -0.748. The van der Waals surface area contributed by atoms with Crippen molar-refractivity contribution in [2.45, 2.75) is 32.2 Å². The summed E-state index contributed by atoms with van der Waals surface area (Å²) < 4.78 is 0. The van der Waals surface area contributed by atoms with Gasteiger partial charge in [0.1, 0.15) is 11.5 Å². The molecule has 0 bridgehead atoms. The molecule has 1 saturated heterocycles. The first kappa shape index (κ1) is 19.8. The van der Waals surface area contributed by atoms with Crippen molar-refractivity contribution in [3.05, 3.63) is 71.4 Å². The standard InChI is InChI=1S/C24H24N2O4/c1-2-3-6-12-26-21(15-8-7-9-16(27)13-15)20(23(29)24(26)30)22(28)18-14-25-19-11-5-4-10-17(18)19/h4-5,7-11,13-14,21,25,27-28H,2-3,6,12H2,1H3/b22-20-. The van der Waals surface area contributed by atoms with E-state index >= 15 is 0 Å². The highest BCUT2D eigenvalue weighted by atomic mass is 16.3. The molecule has 0 spiro atoms. The number of nitrogens with zero attached hydrogens (tertiary/aromatic N) is 1. The monoisotopic (exact) mass is 404 g/mol. The van der Waals surface area contributed by atoms with Crippen molar-refractivity contribution >= 4 is 28.4 Å². The van der Waals surface area contributed by atoms with Gasteiger partial charge < -0.3 is 20.1 Å². The number of H-pyrrole nitrogens is 1. The Morgan fingerprint density at radius 3 is 2.67 bits per heavy atom. The molecule has 2 heterocycles. The fraction of sp³-hybridized carbons (Fsp3) is 0.250. The molecule has 30 heavy (non-hydrogen) atoms. The summed E-state index contributed by atoms with van der Waals surface area (Å²) in [5.41, 5.74) is 1.94. The maximum atomic E-state index is 13.0. The number of carbonyl (C=O) groups is 2. The number of unbranched alkanes of at least 4 members (excludes halogenated alkanes) is 2. The van der Waals surface area contributed by atoms with E-state index in [0.29, 0.717) is 17.7 Å². The number of aliphatic hydroxyl groups is 1. The molecule has 1 aromatic heterocycles. The molecule has 1 unspecified atom stereocenters. The lowest BCUT2D eigenvalue weighted by atomic mass is 9.95. The minimum Gasteiger partial charge on any atom is -0.508 e. The fourth-order valence-electron chi connectivity index (χ4n) is 4.10. The van der Waals surface area contributed by atoms with Crippen LogP contribution in [-0.2, 0) is 9.59 Å². The van der Waals surface area contributed by atoms with Crippen LogP contribution in [0.2, 0.25) is 0 Å². The largest absolute Gasteiger partial charge is 0.508 e. The molecule has 3 N–H and O–H groups in total. The summed E-state index contributed by atoms with van der Waals surface area (Å²) in [6.45, 7) is 2.47. The van der Waals surface area contributed by atoms with Gasteiger partial charge in [-0.05, 0) is 30.2 Å². The lowest BCUT2D eigenvalue weighted by Gasteiger charge is -2.25. The molecule has 6 nitrogen and oxygen atoms in total. The second-order valence-corrected chi connectivity index (χ2v) is 7.54. The summed E-state index contributed by atoms with van der Waals surface area (Å²) in [7, 11) is 0. The van der Waals surface area contributed by atoms with Crippen LogP contribution in [0.5, 0.6) is 5.75 Å². The van der Waals surface area contributed by atoms with E-state index in [-0.39, 0.29) is 17.1 Å². The van der Waals surface area contributed by atoms with Crippen molar-refractivity contribution in [2.24, 2.45) is 0 Å². The fourth-order valence-corrected chi connectivity index (χ4v) is 4.10. The van der Waals surface area contributed by atoms with Gasteiger partial charge in [-0.15, -0.1) is 0 Å². The molecule has 2 aromatic carbocycles. The van der Waals surface area contributed by atoms with Crippen LogP contribution >= 0.6 is 0 Å². The molecule has 1 aliphatic rings. The minimum absolute atomic E-state index is 0.0405. The number of carbonyl (C=O) groups excluding carboxylic acids is 2. The molecular formula is C24H24N2O4. The Morgan fingerprint density at radius 2 is 1.90 bits per heavy atom. The summed E-state index contributed by atoms with van der Waals surface area (Å²) in [6, 6.07) is 13.2. The SMILES string of the molecule is CCCCCN1C(=O)C(=O)/C(=C(\O)c2c[nH]c3ccccc23)C1c1cccc(O)c1. The molecule has 1 fully saturated rings. The van der Waals surface area contributed by atoms with Crippen LogP contribution in [0, 0.1) is 0 Å². The summed E-state index contributed by atoms with van der Waals surface area (Å²) in [5, 5.41) is 21.9. The molecule has 0 radical (unpaired) electrons. The Labute approximate surface area is 174 Å². The molecule has 1 atom stereocenters. The van der Waals surface area contributed by atoms with Crippen molar-refractivity contribution < 1.29 is 19.8 Å². The van der Waals surface area contributed by atoms with E-state index in [0.717, 1.165) is 30.2 Å². The third-order valence-electron chi connectivity index (χ3n) is 5.57. The molecule has 0 aliphatic carbocycles. The second kappa shape index (κ2) is 8.06. The first-order valence-corrected chi connectivity index (χ1v) is 10.2. The predicted octanol–water partition coefficient (Wildman–Crippen LogP) is 4.49. The molecule has 6 heteroatoms. The van der Waals surface area contributed by atoms with E-state index in [1.165, 1.54) is 17.0 Å². The van der Waals surface area contributed by atoms with Crippen molar-refractivity contribution in [2.75, 3.05) is 6.54 Å². The average Bonchev–Trinajstić information content (AvgIpc) is 3.28.